The Morgan fingerprint density at radius 2 is 1.86 bits per heavy atom. The van der Waals surface area contributed by atoms with Gasteiger partial charge in [-0.2, -0.15) is 0 Å². The van der Waals surface area contributed by atoms with E-state index in [0.717, 1.165) is 15.5 Å². The van der Waals surface area contributed by atoms with Crippen molar-refractivity contribution in [3.05, 3.63) is 48.0 Å². The number of carbonyl (C=O) groups excluding carboxylic acids is 1. The van der Waals surface area contributed by atoms with Crippen molar-refractivity contribution in [2.24, 2.45) is 0 Å². The van der Waals surface area contributed by atoms with Crippen LogP contribution < -0.4 is 10.5 Å². The maximum absolute atomic E-state index is 12.3. The SMILES string of the molecule is COc1ccccc1Sc1cc(N)ccc1C(=O)N(C)C. The average molecular weight is 302 g/mol. The van der Waals surface area contributed by atoms with Crippen LogP contribution in [0.1, 0.15) is 10.4 Å². The minimum atomic E-state index is -0.0487. The van der Waals surface area contributed by atoms with Crippen molar-refractivity contribution in [3.63, 3.8) is 0 Å². The number of amides is 1. The van der Waals surface area contributed by atoms with Gasteiger partial charge in [0.1, 0.15) is 5.75 Å². The van der Waals surface area contributed by atoms with E-state index in [2.05, 4.69) is 0 Å². The first-order chi connectivity index (χ1) is 10.0. The van der Waals surface area contributed by atoms with Gasteiger partial charge in [-0.3, -0.25) is 4.79 Å². The first-order valence-electron chi connectivity index (χ1n) is 6.45. The van der Waals surface area contributed by atoms with Gasteiger partial charge in [-0.1, -0.05) is 23.9 Å². The average Bonchev–Trinajstić information content (AvgIpc) is 2.47. The number of nitrogens with two attached hydrogens (primary N) is 1. The molecule has 110 valence electrons. The van der Waals surface area contributed by atoms with E-state index in [1.165, 1.54) is 11.8 Å². The second-order valence-electron chi connectivity index (χ2n) is 4.71. The number of anilines is 1. The van der Waals surface area contributed by atoms with Crippen molar-refractivity contribution in [1.29, 1.82) is 0 Å². The van der Waals surface area contributed by atoms with Gasteiger partial charge in [0.25, 0.3) is 5.91 Å². The Balaban J connectivity index is 2.43. The molecule has 0 unspecified atom stereocenters. The summed E-state index contributed by atoms with van der Waals surface area (Å²) in [6.45, 7) is 0. The normalized spacial score (nSPS) is 10.2. The topological polar surface area (TPSA) is 55.6 Å². The highest BCUT2D eigenvalue weighted by atomic mass is 32.2. The summed E-state index contributed by atoms with van der Waals surface area (Å²) in [6.07, 6.45) is 0. The van der Waals surface area contributed by atoms with E-state index in [4.69, 9.17) is 10.5 Å². The molecule has 5 heteroatoms. The Bertz CT molecular complexity index is 656. The molecule has 0 aromatic heterocycles. The summed E-state index contributed by atoms with van der Waals surface area (Å²) < 4.78 is 5.35. The zero-order chi connectivity index (χ0) is 15.4. The van der Waals surface area contributed by atoms with Crippen molar-refractivity contribution in [2.45, 2.75) is 9.79 Å². The molecule has 2 aromatic rings. The second-order valence-corrected chi connectivity index (χ2v) is 5.79. The van der Waals surface area contributed by atoms with Crippen LogP contribution in [-0.4, -0.2) is 32.0 Å². The number of nitrogens with zero attached hydrogens (tertiary/aromatic N) is 1. The van der Waals surface area contributed by atoms with Gasteiger partial charge in [0.2, 0.25) is 0 Å². The van der Waals surface area contributed by atoms with Crippen LogP contribution >= 0.6 is 11.8 Å². The second kappa shape index (κ2) is 6.54. The van der Waals surface area contributed by atoms with E-state index in [-0.39, 0.29) is 5.91 Å². The molecule has 4 nitrogen and oxygen atoms in total. The molecule has 21 heavy (non-hydrogen) atoms. The Morgan fingerprint density at radius 3 is 2.52 bits per heavy atom. The fourth-order valence-corrected chi connectivity index (χ4v) is 2.96. The predicted molar refractivity (Wildman–Crippen MR) is 86.0 cm³/mol. The molecule has 0 spiro atoms. The molecular formula is C16H18N2O2S. The van der Waals surface area contributed by atoms with Crippen molar-refractivity contribution >= 4 is 23.4 Å². The van der Waals surface area contributed by atoms with Gasteiger partial charge in [0.15, 0.2) is 0 Å². The zero-order valence-electron chi connectivity index (χ0n) is 12.3. The molecule has 0 fully saturated rings. The van der Waals surface area contributed by atoms with Crippen LogP contribution in [-0.2, 0) is 0 Å². The lowest BCUT2D eigenvalue weighted by Crippen LogP contribution is -2.22. The van der Waals surface area contributed by atoms with Crippen LogP contribution in [0.2, 0.25) is 0 Å². The van der Waals surface area contributed by atoms with E-state index in [1.54, 1.807) is 38.2 Å². The first kappa shape index (κ1) is 15.3. The van der Waals surface area contributed by atoms with Gasteiger partial charge in [-0.05, 0) is 30.3 Å². The summed E-state index contributed by atoms with van der Waals surface area (Å²) in [5.74, 6) is 0.723. The summed E-state index contributed by atoms with van der Waals surface area (Å²) in [5, 5.41) is 0. The van der Waals surface area contributed by atoms with Crippen LogP contribution in [0.25, 0.3) is 0 Å². The van der Waals surface area contributed by atoms with Crippen LogP contribution in [0.3, 0.4) is 0 Å². The lowest BCUT2D eigenvalue weighted by atomic mass is 10.2. The van der Waals surface area contributed by atoms with Crippen LogP contribution in [0, 0.1) is 0 Å². The van der Waals surface area contributed by atoms with Gasteiger partial charge in [0, 0.05) is 24.7 Å². The molecule has 2 aromatic carbocycles. The third kappa shape index (κ3) is 3.49. The Kier molecular flexibility index (Phi) is 4.75. The van der Waals surface area contributed by atoms with E-state index in [9.17, 15) is 4.79 Å². The molecule has 0 saturated heterocycles. The van der Waals surface area contributed by atoms with Crippen LogP contribution in [0.15, 0.2) is 52.3 Å². The predicted octanol–water partition coefficient (Wildman–Crippen LogP) is 3.13. The minimum Gasteiger partial charge on any atom is -0.496 e. The number of methoxy groups -OCH3 is 1. The summed E-state index contributed by atoms with van der Waals surface area (Å²) in [6, 6.07) is 13.0. The quantitative estimate of drug-likeness (QED) is 0.882. The number of hydrogen-bond donors (Lipinski definition) is 1. The highest BCUT2D eigenvalue weighted by Crippen LogP contribution is 2.37. The maximum Gasteiger partial charge on any atom is 0.254 e. The number of rotatable bonds is 4. The smallest absolute Gasteiger partial charge is 0.254 e. The van der Waals surface area contributed by atoms with E-state index < -0.39 is 0 Å². The molecule has 2 N–H and O–H groups in total. The van der Waals surface area contributed by atoms with E-state index in [0.29, 0.717) is 11.3 Å². The van der Waals surface area contributed by atoms with Crippen molar-refractivity contribution in [3.8, 4) is 5.75 Å². The summed E-state index contributed by atoms with van der Waals surface area (Å²) in [4.78, 5) is 15.6. The molecule has 0 aliphatic heterocycles. The largest absolute Gasteiger partial charge is 0.496 e. The molecule has 0 bridgehead atoms. The highest BCUT2D eigenvalue weighted by Gasteiger charge is 2.15. The number of para-hydroxylation sites is 1. The fourth-order valence-electron chi connectivity index (χ4n) is 1.86. The molecule has 1 amide bonds. The van der Waals surface area contributed by atoms with Gasteiger partial charge < -0.3 is 15.4 Å². The van der Waals surface area contributed by atoms with Gasteiger partial charge in [0.05, 0.1) is 17.6 Å². The van der Waals surface area contributed by atoms with Crippen molar-refractivity contribution < 1.29 is 9.53 Å². The molecule has 2 rings (SSSR count). The first-order valence-corrected chi connectivity index (χ1v) is 7.26. The van der Waals surface area contributed by atoms with E-state index in [1.807, 2.05) is 30.3 Å². The fraction of sp³-hybridized carbons (Fsp3) is 0.188. The van der Waals surface area contributed by atoms with Crippen LogP contribution in [0.4, 0.5) is 5.69 Å². The Morgan fingerprint density at radius 1 is 1.14 bits per heavy atom. The van der Waals surface area contributed by atoms with Crippen molar-refractivity contribution in [2.75, 3.05) is 26.9 Å². The number of carbonyl (C=O) groups is 1. The molecule has 0 aliphatic rings. The lowest BCUT2D eigenvalue weighted by molar-refractivity contribution is 0.0824. The van der Waals surface area contributed by atoms with Crippen LogP contribution in [0.5, 0.6) is 5.75 Å². The number of benzene rings is 2. The number of nitrogen functional groups attached to an aromatic ring is 1. The molecule has 0 atom stereocenters. The Hall–Kier alpha value is -2.14. The standard InChI is InChI=1S/C16H18N2O2S/c1-18(2)16(19)12-9-8-11(17)10-15(12)21-14-7-5-4-6-13(14)20-3/h4-10H,17H2,1-3H3. The molecular weight excluding hydrogens is 284 g/mol. The summed E-state index contributed by atoms with van der Waals surface area (Å²) >= 11 is 1.47. The number of ether oxygens (including phenoxy) is 1. The maximum atomic E-state index is 12.3. The molecule has 0 heterocycles. The molecule has 0 aliphatic carbocycles. The summed E-state index contributed by atoms with van der Waals surface area (Å²) in [7, 11) is 5.09. The zero-order valence-corrected chi connectivity index (χ0v) is 13.1. The highest BCUT2D eigenvalue weighted by molar-refractivity contribution is 7.99. The summed E-state index contributed by atoms with van der Waals surface area (Å²) in [5.41, 5.74) is 7.12. The van der Waals surface area contributed by atoms with Gasteiger partial charge in [-0.15, -0.1) is 0 Å². The molecule has 0 radical (unpaired) electrons. The van der Waals surface area contributed by atoms with E-state index >= 15 is 0 Å². The lowest BCUT2D eigenvalue weighted by Gasteiger charge is -2.15. The van der Waals surface area contributed by atoms with Gasteiger partial charge >= 0.3 is 0 Å². The monoisotopic (exact) mass is 302 g/mol. The minimum absolute atomic E-state index is 0.0487. The third-order valence-electron chi connectivity index (χ3n) is 2.93. The Labute approximate surface area is 128 Å². The van der Waals surface area contributed by atoms with Crippen molar-refractivity contribution in [1.82, 2.24) is 4.90 Å². The third-order valence-corrected chi connectivity index (χ3v) is 4.05. The molecule has 0 saturated carbocycles. The van der Waals surface area contributed by atoms with Gasteiger partial charge in [-0.25, -0.2) is 0 Å². The number of hydrogen-bond acceptors (Lipinski definition) is 4.